The van der Waals surface area contributed by atoms with E-state index in [9.17, 15) is 31.9 Å². The largest absolute Gasteiger partial charge is 0.573 e. The van der Waals surface area contributed by atoms with Gasteiger partial charge in [0.25, 0.3) is 0 Å². The van der Waals surface area contributed by atoms with Crippen LogP contribution in [0.3, 0.4) is 0 Å². The minimum atomic E-state index is -4.91. The number of aliphatic hydroxyl groups excluding tert-OH is 1. The number of amides is 1. The van der Waals surface area contributed by atoms with Crippen molar-refractivity contribution >= 4 is 5.91 Å². The standard InChI is InChI=1S/C16H18F5NO4/c17-15(18)25-8-12(22-14(24)7-13(23)9-4-5-9)10-2-1-3-11(6-10)26-16(19,20)21/h1-3,6,9,12-13,15,23H,4-5,7-8H2,(H,22,24). The second kappa shape index (κ2) is 8.63. The third-order valence-electron chi connectivity index (χ3n) is 3.78. The molecule has 0 bridgehead atoms. The smallest absolute Gasteiger partial charge is 0.406 e. The van der Waals surface area contributed by atoms with Crippen LogP contribution in [-0.2, 0) is 9.53 Å². The van der Waals surface area contributed by atoms with Gasteiger partial charge in [-0.1, -0.05) is 12.1 Å². The van der Waals surface area contributed by atoms with Crippen LogP contribution in [0.5, 0.6) is 5.75 Å². The van der Waals surface area contributed by atoms with Crippen molar-refractivity contribution in [3.05, 3.63) is 29.8 Å². The summed E-state index contributed by atoms with van der Waals surface area (Å²) < 4.78 is 69.6. The Hall–Kier alpha value is -1.94. The predicted octanol–water partition coefficient (Wildman–Crippen LogP) is 3.14. The summed E-state index contributed by atoms with van der Waals surface area (Å²) in [5.74, 6) is -1.13. The van der Waals surface area contributed by atoms with Gasteiger partial charge in [-0.15, -0.1) is 13.2 Å². The van der Waals surface area contributed by atoms with Crippen LogP contribution in [0.15, 0.2) is 24.3 Å². The summed E-state index contributed by atoms with van der Waals surface area (Å²) in [5, 5.41) is 12.2. The molecule has 26 heavy (non-hydrogen) atoms. The Labute approximate surface area is 146 Å². The van der Waals surface area contributed by atoms with Crippen molar-refractivity contribution in [2.24, 2.45) is 5.92 Å². The molecule has 0 heterocycles. The Balaban J connectivity index is 2.07. The molecule has 1 aliphatic carbocycles. The Kier molecular flexibility index (Phi) is 6.76. The highest BCUT2D eigenvalue weighted by Crippen LogP contribution is 2.34. The molecule has 1 saturated carbocycles. The molecule has 0 spiro atoms. The van der Waals surface area contributed by atoms with E-state index >= 15 is 0 Å². The average molecular weight is 383 g/mol. The highest BCUT2D eigenvalue weighted by Gasteiger charge is 2.32. The van der Waals surface area contributed by atoms with E-state index in [2.05, 4.69) is 14.8 Å². The fourth-order valence-electron chi connectivity index (χ4n) is 2.41. The van der Waals surface area contributed by atoms with E-state index in [1.54, 1.807) is 0 Å². The molecule has 1 aliphatic rings. The molecule has 146 valence electrons. The molecular weight excluding hydrogens is 365 g/mol. The molecule has 5 nitrogen and oxygen atoms in total. The van der Waals surface area contributed by atoms with Gasteiger partial charge in [0.1, 0.15) is 5.75 Å². The van der Waals surface area contributed by atoms with Crippen LogP contribution in [-0.4, -0.2) is 36.7 Å². The monoisotopic (exact) mass is 383 g/mol. The summed E-state index contributed by atoms with van der Waals surface area (Å²) in [6.07, 6.45) is -4.36. The molecule has 0 saturated heterocycles. The van der Waals surface area contributed by atoms with Gasteiger partial charge in [-0.2, -0.15) is 8.78 Å². The Morgan fingerprint density at radius 1 is 1.31 bits per heavy atom. The van der Waals surface area contributed by atoms with E-state index in [0.717, 1.165) is 25.0 Å². The van der Waals surface area contributed by atoms with E-state index in [1.165, 1.54) is 12.1 Å². The number of benzene rings is 1. The van der Waals surface area contributed by atoms with Crippen LogP contribution in [0.2, 0.25) is 0 Å². The van der Waals surface area contributed by atoms with E-state index in [1.807, 2.05) is 0 Å². The lowest BCUT2D eigenvalue weighted by atomic mass is 10.1. The van der Waals surface area contributed by atoms with Crippen LogP contribution in [0.25, 0.3) is 0 Å². The zero-order chi connectivity index (χ0) is 19.3. The number of aliphatic hydroxyl groups is 1. The first-order valence-electron chi connectivity index (χ1n) is 7.87. The molecule has 10 heteroatoms. The molecule has 2 atom stereocenters. The number of carbonyl (C=O) groups is 1. The third kappa shape index (κ3) is 7.12. The van der Waals surface area contributed by atoms with Crippen LogP contribution in [0, 0.1) is 5.92 Å². The van der Waals surface area contributed by atoms with E-state index in [4.69, 9.17) is 0 Å². The number of rotatable bonds is 9. The van der Waals surface area contributed by atoms with Crippen molar-refractivity contribution in [3.63, 3.8) is 0 Å². The van der Waals surface area contributed by atoms with E-state index < -0.39 is 43.4 Å². The van der Waals surface area contributed by atoms with Gasteiger partial charge in [0.2, 0.25) is 5.91 Å². The number of hydrogen-bond donors (Lipinski definition) is 2. The van der Waals surface area contributed by atoms with Gasteiger partial charge < -0.3 is 19.9 Å². The minimum absolute atomic E-state index is 0.0417. The molecule has 2 rings (SSSR count). The van der Waals surface area contributed by atoms with Gasteiger partial charge in [-0.05, 0) is 36.5 Å². The molecule has 2 unspecified atom stereocenters. The van der Waals surface area contributed by atoms with Gasteiger partial charge in [-0.25, -0.2) is 0 Å². The lowest BCUT2D eigenvalue weighted by Gasteiger charge is -2.21. The average Bonchev–Trinajstić information content (AvgIpc) is 3.34. The zero-order valence-electron chi connectivity index (χ0n) is 13.5. The van der Waals surface area contributed by atoms with Crippen LogP contribution < -0.4 is 10.1 Å². The number of hydrogen-bond acceptors (Lipinski definition) is 4. The topological polar surface area (TPSA) is 67.8 Å². The van der Waals surface area contributed by atoms with Gasteiger partial charge in [0, 0.05) is 0 Å². The van der Waals surface area contributed by atoms with E-state index in [0.29, 0.717) is 0 Å². The molecule has 2 N–H and O–H groups in total. The molecular formula is C16H18F5NO4. The van der Waals surface area contributed by atoms with Gasteiger partial charge in [-0.3, -0.25) is 4.79 Å². The molecule has 0 radical (unpaired) electrons. The van der Waals surface area contributed by atoms with Crippen molar-refractivity contribution in [2.45, 2.75) is 44.4 Å². The van der Waals surface area contributed by atoms with Crippen molar-refractivity contribution in [3.8, 4) is 5.75 Å². The summed E-state index contributed by atoms with van der Waals surface area (Å²) in [7, 11) is 0. The highest BCUT2D eigenvalue weighted by atomic mass is 19.4. The number of ether oxygens (including phenoxy) is 2. The van der Waals surface area contributed by atoms with Gasteiger partial charge in [0.05, 0.1) is 25.2 Å². The maximum atomic E-state index is 12.3. The summed E-state index contributed by atoms with van der Waals surface area (Å²) in [6, 6.07) is 3.47. The maximum Gasteiger partial charge on any atom is 0.573 e. The number of halogens is 5. The Bertz CT molecular complexity index is 607. The minimum Gasteiger partial charge on any atom is -0.406 e. The molecule has 0 aliphatic heterocycles. The number of carbonyl (C=O) groups excluding carboxylic acids is 1. The number of alkyl halides is 5. The first-order valence-corrected chi connectivity index (χ1v) is 7.87. The summed E-state index contributed by atoms with van der Waals surface area (Å²) in [5.41, 5.74) is 0.0988. The van der Waals surface area contributed by atoms with Gasteiger partial charge in [0.15, 0.2) is 0 Å². The third-order valence-corrected chi connectivity index (χ3v) is 3.78. The lowest BCUT2D eigenvalue weighted by Crippen LogP contribution is -2.34. The normalized spacial score (nSPS) is 17.0. The molecule has 1 amide bonds. The molecule has 1 fully saturated rings. The van der Waals surface area contributed by atoms with Crippen molar-refractivity contribution in [1.29, 1.82) is 0 Å². The zero-order valence-corrected chi connectivity index (χ0v) is 13.5. The summed E-state index contributed by atoms with van der Waals surface area (Å²) >= 11 is 0. The summed E-state index contributed by atoms with van der Waals surface area (Å²) in [4.78, 5) is 12.0. The second-order valence-corrected chi connectivity index (χ2v) is 5.94. The number of nitrogens with one attached hydrogen (secondary N) is 1. The van der Waals surface area contributed by atoms with E-state index in [-0.39, 0.29) is 17.9 Å². The van der Waals surface area contributed by atoms with Gasteiger partial charge >= 0.3 is 13.0 Å². The lowest BCUT2D eigenvalue weighted by molar-refractivity contribution is -0.274. The predicted molar refractivity (Wildman–Crippen MR) is 79.3 cm³/mol. The molecule has 0 aromatic heterocycles. The van der Waals surface area contributed by atoms with Crippen molar-refractivity contribution < 1.29 is 41.3 Å². The van der Waals surface area contributed by atoms with Crippen molar-refractivity contribution in [2.75, 3.05) is 6.61 Å². The fraction of sp³-hybridized carbons (Fsp3) is 0.562. The first kappa shape index (κ1) is 20.4. The first-order chi connectivity index (χ1) is 12.1. The van der Waals surface area contributed by atoms with Crippen LogP contribution >= 0.6 is 0 Å². The molecule has 1 aromatic rings. The highest BCUT2D eigenvalue weighted by molar-refractivity contribution is 5.77. The fourth-order valence-corrected chi connectivity index (χ4v) is 2.41. The second-order valence-electron chi connectivity index (χ2n) is 5.94. The Morgan fingerprint density at radius 3 is 2.58 bits per heavy atom. The molecule has 1 aromatic carbocycles. The van der Waals surface area contributed by atoms with Crippen molar-refractivity contribution in [1.82, 2.24) is 5.32 Å². The Morgan fingerprint density at radius 2 is 2.00 bits per heavy atom. The van der Waals surface area contributed by atoms with Crippen LogP contribution in [0.4, 0.5) is 22.0 Å². The SMILES string of the molecule is O=C(CC(O)C1CC1)NC(COC(F)F)c1cccc(OC(F)(F)F)c1. The summed E-state index contributed by atoms with van der Waals surface area (Å²) in [6.45, 7) is -3.76. The van der Waals surface area contributed by atoms with Crippen LogP contribution in [0.1, 0.15) is 30.9 Å². The maximum absolute atomic E-state index is 12.3. The quantitative estimate of drug-likeness (QED) is 0.643.